The Hall–Kier alpha value is -1.62. The summed E-state index contributed by atoms with van der Waals surface area (Å²) in [4.78, 5) is 4.43. The Morgan fingerprint density at radius 2 is 2.29 bits per heavy atom. The van der Waals surface area contributed by atoms with Crippen LogP contribution in [0.2, 0.25) is 0 Å². The molecule has 0 aliphatic carbocycles. The van der Waals surface area contributed by atoms with Gasteiger partial charge in [0, 0.05) is 6.54 Å². The first-order valence-corrected chi connectivity index (χ1v) is 5.84. The van der Waals surface area contributed by atoms with Gasteiger partial charge in [0.1, 0.15) is 0 Å². The van der Waals surface area contributed by atoms with E-state index in [9.17, 15) is 0 Å². The van der Waals surface area contributed by atoms with Crippen LogP contribution in [0.4, 0.5) is 0 Å². The van der Waals surface area contributed by atoms with Crippen LogP contribution in [0.25, 0.3) is 11.6 Å². The van der Waals surface area contributed by atoms with E-state index in [0.29, 0.717) is 29.3 Å². The minimum atomic E-state index is 0.312. The molecule has 0 spiro atoms. The van der Waals surface area contributed by atoms with E-state index in [4.69, 9.17) is 8.94 Å². The smallest absolute Gasteiger partial charge is 0.238 e. The summed E-state index contributed by atoms with van der Waals surface area (Å²) >= 11 is 0. The zero-order valence-corrected chi connectivity index (χ0v) is 9.93. The summed E-state index contributed by atoms with van der Waals surface area (Å²) in [6, 6.07) is 1.89. The molecule has 3 rings (SSSR count). The summed E-state index contributed by atoms with van der Waals surface area (Å²) in [7, 11) is 0. The van der Waals surface area contributed by atoms with Crippen molar-refractivity contribution in [2.75, 3.05) is 13.1 Å². The van der Waals surface area contributed by atoms with Crippen molar-refractivity contribution in [2.45, 2.75) is 19.8 Å². The fourth-order valence-electron chi connectivity index (χ4n) is 2.22. The summed E-state index contributed by atoms with van der Waals surface area (Å²) in [5.74, 6) is 2.78. The minimum Gasteiger partial charge on any atom is -0.461 e. The molecule has 0 unspecified atom stereocenters. The highest BCUT2D eigenvalue weighted by Crippen LogP contribution is 2.29. The fraction of sp³-hybridized carbons (Fsp3) is 0.500. The second-order valence-corrected chi connectivity index (χ2v) is 4.63. The van der Waals surface area contributed by atoms with E-state index in [-0.39, 0.29) is 0 Å². The maximum atomic E-state index is 5.35. The molecular formula is C12H15N3O2. The standard InChI is InChI=1S/C12H15N3O2/c1-7-3-4-16-10(7)11-14-12(17-15-11)9-6-13-5-8(9)2/h3-4,8-9,13H,5-6H2,1-2H3/t8-,9-/m1/s1. The van der Waals surface area contributed by atoms with Gasteiger partial charge in [-0.1, -0.05) is 12.1 Å². The first-order chi connectivity index (χ1) is 8.25. The second kappa shape index (κ2) is 4.00. The van der Waals surface area contributed by atoms with Crippen LogP contribution in [0.1, 0.15) is 24.3 Å². The molecule has 0 saturated carbocycles. The molecule has 1 N–H and O–H groups in total. The highest BCUT2D eigenvalue weighted by Gasteiger charge is 2.30. The SMILES string of the molecule is Cc1ccoc1-c1noc([C@@H]2CNC[C@H]2C)n1. The van der Waals surface area contributed by atoms with Gasteiger partial charge in [0.05, 0.1) is 12.2 Å². The largest absolute Gasteiger partial charge is 0.461 e. The number of aryl methyl sites for hydroxylation is 1. The maximum absolute atomic E-state index is 5.35. The third-order valence-corrected chi connectivity index (χ3v) is 3.34. The number of hydrogen-bond acceptors (Lipinski definition) is 5. The van der Waals surface area contributed by atoms with Gasteiger partial charge in [0.2, 0.25) is 11.7 Å². The van der Waals surface area contributed by atoms with Gasteiger partial charge in [-0.05, 0) is 31.0 Å². The molecule has 1 aliphatic rings. The summed E-state index contributed by atoms with van der Waals surface area (Å²) in [6.07, 6.45) is 1.64. The fourth-order valence-corrected chi connectivity index (χ4v) is 2.22. The predicted molar refractivity (Wildman–Crippen MR) is 61.5 cm³/mol. The first-order valence-electron chi connectivity index (χ1n) is 5.84. The average molecular weight is 233 g/mol. The van der Waals surface area contributed by atoms with Crippen molar-refractivity contribution in [3.63, 3.8) is 0 Å². The van der Waals surface area contributed by atoms with Crippen LogP contribution in [0.15, 0.2) is 21.3 Å². The molecule has 1 fully saturated rings. The molecule has 0 bridgehead atoms. The Labute approximate surface area is 99.2 Å². The van der Waals surface area contributed by atoms with Crippen molar-refractivity contribution in [3.8, 4) is 11.6 Å². The van der Waals surface area contributed by atoms with Crippen LogP contribution in [0.5, 0.6) is 0 Å². The maximum Gasteiger partial charge on any atom is 0.238 e. The van der Waals surface area contributed by atoms with E-state index in [1.807, 2.05) is 13.0 Å². The highest BCUT2D eigenvalue weighted by molar-refractivity contribution is 5.51. The molecule has 0 amide bonds. The molecule has 1 aliphatic heterocycles. The van der Waals surface area contributed by atoms with Crippen molar-refractivity contribution < 1.29 is 8.94 Å². The Bertz CT molecular complexity index is 517. The molecule has 1 saturated heterocycles. The summed E-state index contributed by atoms with van der Waals surface area (Å²) in [5.41, 5.74) is 1.02. The van der Waals surface area contributed by atoms with Crippen LogP contribution < -0.4 is 5.32 Å². The van der Waals surface area contributed by atoms with Gasteiger partial charge in [-0.2, -0.15) is 4.98 Å². The number of aromatic nitrogens is 2. The van der Waals surface area contributed by atoms with E-state index in [2.05, 4.69) is 22.4 Å². The van der Waals surface area contributed by atoms with Gasteiger partial charge in [-0.3, -0.25) is 0 Å². The lowest BCUT2D eigenvalue weighted by Gasteiger charge is -2.07. The number of rotatable bonds is 2. The lowest BCUT2D eigenvalue weighted by atomic mass is 9.98. The van der Waals surface area contributed by atoms with Crippen molar-refractivity contribution in [1.82, 2.24) is 15.5 Å². The first kappa shape index (κ1) is 10.5. The molecular weight excluding hydrogens is 218 g/mol. The van der Waals surface area contributed by atoms with E-state index in [1.54, 1.807) is 6.26 Å². The average Bonchev–Trinajstić information content (AvgIpc) is 2.97. The Morgan fingerprint density at radius 1 is 1.41 bits per heavy atom. The molecule has 2 aromatic heterocycles. The molecule has 5 nitrogen and oxygen atoms in total. The molecule has 2 atom stereocenters. The Balaban J connectivity index is 1.90. The zero-order valence-electron chi connectivity index (χ0n) is 9.93. The van der Waals surface area contributed by atoms with Crippen LogP contribution in [-0.2, 0) is 0 Å². The van der Waals surface area contributed by atoms with Crippen LogP contribution in [-0.4, -0.2) is 23.2 Å². The molecule has 0 radical (unpaired) electrons. The third kappa shape index (κ3) is 1.76. The normalized spacial score (nSPS) is 24.4. The zero-order chi connectivity index (χ0) is 11.8. The van der Waals surface area contributed by atoms with Crippen molar-refractivity contribution >= 4 is 0 Å². The van der Waals surface area contributed by atoms with E-state index < -0.39 is 0 Å². The number of furan rings is 1. The number of nitrogens with one attached hydrogen (secondary N) is 1. The minimum absolute atomic E-state index is 0.312. The Morgan fingerprint density at radius 3 is 2.94 bits per heavy atom. The molecule has 17 heavy (non-hydrogen) atoms. The van der Waals surface area contributed by atoms with E-state index >= 15 is 0 Å². The van der Waals surface area contributed by atoms with Crippen molar-refractivity contribution in [2.24, 2.45) is 5.92 Å². The third-order valence-electron chi connectivity index (χ3n) is 3.34. The quantitative estimate of drug-likeness (QED) is 0.859. The molecule has 5 heteroatoms. The van der Waals surface area contributed by atoms with Crippen LogP contribution in [0, 0.1) is 12.8 Å². The molecule has 90 valence electrons. The molecule has 0 aromatic carbocycles. The lowest BCUT2D eigenvalue weighted by Crippen LogP contribution is -2.08. The van der Waals surface area contributed by atoms with Gasteiger partial charge in [-0.25, -0.2) is 0 Å². The van der Waals surface area contributed by atoms with Gasteiger partial charge in [-0.15, -0.1) is 0 Å². The van der Waals surface area contributed by atoms with Gasteiger partial charge in [0.15, 0.2) is 5.76 Å². The van der Waals surface area contributed by atoms with Crippen LogP contribution >= 0.6 is 0 Å². The van der Waals surface area contributed by atoms with E-state index in [0.717, 1.165) is 18.7 Å². The van der Waals surface area contributed by atoms with Crippen molar-refractivity contribution in [1.29, 1.82) is 0 Å². The highest BCUT2D eigenvalue weighted by atomic mass is 16.5. The van der Waals surface area contributed by atoms with Gasteiger partial charge in [0.25, 0.3) is 0 Å². The number of hydrogen-bond donors (Lipinski definition) is 1. The summed E-state index contributed by atoms with van der Waals surface area (Å²) in [6.45, 7) is 6.06. The lowest BCUT2D eigenvalue weighted by molar-refractivity contribution is 0.339. The van der Waals surface area contributed by atoms with Crippen molar-refractivity contribution in [3.05, 3.63) is 23.8 Å². The summed E-state index contributed by atoms with van der Waals surface area (Å²) < 4.78 is 10.7. The topological polar surface area (TPSA) is 64.1 Å². The second-order valence-electron chi connectivity index (χ2n) is 4.63. The number of nitrogens with zero attached hydrogens (tertiary/aromatic N) is 2. The van der Waals surface area contributed by atoms with Crippen LogP contribution in [0.3, 0.4) is 0 Å². The summed E-state index contributed by atoms with van der Waals surface area (Å²) in [5, 5.41) is 7.32. The predicted octanol–water partition coefficient (Wildman–Crippen LogP) is 1.96. The van der Waals surface area contributed by atoms with Gasteiger partial charge >= 0.3 is 0 Å². The Kier molecular flexibility index (Phi) is 2.48. The van der Waals surface area contributed by atoms with E-state index in [1.165, 1.54) is 0 Å². The van der Waals surface area contributed by atoms with Gasteiger partial charge < -0.3 is 14.3 Å². The molecule has 2 aromatic rings. The monoisotopic (exact) mass is 233 g/mol. The molecule has 3 heterocycles.